The number of methoxy groups -OCH3 is 2. The molecule has 2 aliphatic heterocycles. The van der Waals surface area contributed by atoms with Crippen LogP contribution in [0.5, 0.6) is 5.75 Å². The number of aromatic nitrogens is 1. The molecule has 14 heteroatoms. The summed E-state index contributed by atoms with van der Waals surface area (Å²) in [5, 5.41) is 18.9. The van der Waals surface area contributed by atoms with Crippen LogP contribution in [0.1, 0.15) is 38.3 Å². The Morgan fingerprint density at radius 1 is 0.923 bits per heavy atom. The average Bonchev–Trinajstić information content (AvgIpc) is 3.76. The first-order valence-electron chi connectivity index (χ1n) is 17.3. The molecule has 0 radical (unpaired) electrons. The Kier molecular flexibility index (Phi) is 13.1. The highest BCUT2D eigenvalue weighted by atomic mass is 16.7. The van der Waals surface area contributed by atoms with Gasteiger partial charge in [-0.3, -0.25) is 15.2 Å². The second-order valence-corrected chi connectivity index (χ2v) is 14.1. The number of aliphatic hydroxyl groups excluding tert-OH is 1. The number of aliphatic hydroxyl groups is 1. The van der Waals surface area contributed by atoms with Crippen LogP contribution in [0.3, 0.4) is 0 Å². The summed E-state index contributed by atoms with van der Waals surface area (Å²) in [7, 11) is 2.80. The zero-order valence-corrected chi connectivity index (χ0v) is 30.2. The normalized spacial score (nSPS) is 19.9. The van der Waals surface area contributed by atoms with Crippen molar-refractivity contribution >= 4 is 18.1 Å². The summed E-state index contributed by atoms with van der Waals surface area (Å²) in [6, 6.07) is 17.1. The molecule has 3 amide bonds. The zero-order valence-electron chi connectivity index (χ0n) is 30.2. The molecule has 14 nitrogen and oxygen atoms in total. The first-order valence-corrected chi connectivity index (χ1v) is 17.3. The lowest BCUT2D eigenvalue weighted by molar-refractivity contribution is -0.131. The summed E-state index contributed by atoms with van der Waals surface area (Å²) in [6.45, 7) is 6.31. The van der Waals surface area contributed by atoms with Crippen LogP contribution < -0.4 is 20.8 Å². The minimum atomic E-state index is -1.20. The summed E-state index contributed by atoms with van der Waals surface area (Å²) in [6.07, 6.45) is 0.901. The fourth-order valence-corrected chi connectivity index (χ4v) is 6.31. The number of amides is 3. The van der Waals surface area contributed by atoms with Crippen LogP contribution in [0.25, 0.3) is 11.1 Å². The van der Waals surface area contributed by atoms with Crippen molar-refractivity contribution in [2.45, 2.75) is 70.7 Å². The predicted octanol–water partition coefficient (Wildman–Crippen LogP) is 3.82. The van der Waals surface area contributed by atoms with E-state index in [4.69, 9.17) is 23.7 Å². The Labute approximate surface area is 304 Å². The maximum Gasteiger partial charge on any atom is 0.407 e. The highest BCUT2D eigenvalue weighted by Gasteiger charge is 2.44. The molecule has 6 unspecified atom stereocenters. The summed E-state index contributed by atoms with van der Waals surface area (Å²) in [5.41, 5.74) is 5.89. The smallest absolute Gasteiger partial charge is 0.407 e. The van der Waals surface area contributed by atoms with Crippen molar-refractivity contribution in [3.63, 3.8) is 0 Å². The molecular weight excluding hydrogens is 670 g/mol. The lowest BCUT2D eigenvalue weighted by atomic mass is 9.86. The monoisotopic (exact) mass is 719 g/mol. The van der Waals surface area contributed by atoms with Gasteiger partial charge in [-0.15, -0.1) is 0 Å². The molecule has 6 atom stereocenters. The van der Waals surface area contributed by atoms with Gasteiger partial charge in [0.05, 0.1) is 45.5 Å². The number of ether oxygens (including phenoxy) is 5. The number of fused-ring (bicyclic) bond motifs is 1. The zero-order chi connectivity index (χ0) is 37.3. The Bertz CT molecular complexity index is 1620. The molecule has 2 aromatic carbocycles. The van der Waals surface area contributed by atoms with Gasteiger partial charge in [0.25, 0.3) is 5.91 Å². The molecule has 4 N–H and O–H groups in total. The van der Waals surface area contributed by atoms with Crippen LogP contribution >= 0.6 is 0 Å². The first-order chi connectivity index (χ1) is 24.9. The Morgan fingerprint density at radius 3 is 2.25 bits per heavy atom. The van der Waals surface area contributed by atoms with E-state index >= 15 is 0 Å². The predicted molar refractivity (Wildman–Crippen MR) is 191 cm³/mol. The third-order valence-corrected chi connectivity index (χ3v) is 9.22. The van der Waals surface area contributed by atoms with Crippen molar-refractivity contribution < 1.29 is 43.2 Å². The number of alkyl carbamates (subject to hydrolysis) is 2. The van der Waals surface area contributed by atoms with Gasteiger partial charge < -0.3 is 39.4 Å². The lowest BCUT2D eigenvalue weighted by Crippen LogP contribution is -2.59. The number of nitrogens with zero attached hydrogens (tertiary/aromatic N) is 2. The van der Waals surface area contributed by atoms with Gasteiger partial charge >= 0.3 is 12.2 Å². The van der Waals surface area contributed by atoms with Crippen LogP contribution in [-0.4, -0.2) is 97.8 Å². The number of hydrogen-bond acceptors (Lipinski definition) is 11. The quantitative estimate of drug-likeness (QED) is 0.179. The van der Waals surface area contributed by atoms with Crippen LogP contribution in [0.15, 0.2) is 73.1 Å². The van der Waals surface area contributed by atoms with E-state index in [1.54, 1.807) is 36.6 Å². The number of carbonyl (C=O) groups is 3. The largest absolute Gasteiger partial charge is 0.497 e. The highest BCUT2D eigenvalue weighted by molar-refractivity contribution is 5.86. The molecule has 52 heavy (non-hydrogen) atoms. The van der Waals surface area contributed by atoms with E-state index in [0.717, 1.165) is 28.7 Å². The lowest BCUT2D eigenvalue weighted by Gasteiger charge is -2.34. The summed E-state index contributed by atoms with van der Waals surface area (Å²) >= 11 is 0. The van der Waals surface area contributed by atoms with Crippen molar-refractivity contribution in [2.75, 3.05) is 34.0 Å². The Morgan fingerprint density at radius 2 is 1.60 bits per heavy atom. The average molecular weight is 720 g/mol. The summed E-state index contributed by atoms with van der Waals surface area (Å²) in [5.74, 6) is 0.105. The van der Waals surface area contributed by atoms with Gasteiger partial charge in [0.1, 0.15) is 17.9 Å². The number of benzene rings is 2. The fraction of sp³-hybridized carbons (Fsp3) is 0.474. The molecule has 2 aliphatic rings. The van der Waals surface area contributed by atoms with Crippen molar-refractivity contribution in [1.82, 2.24) is 26.1 Å². The molecule has 280 valence electrons. The van der Waals surface area contributed by atoms with E-state index in [2.05, 4.69) is 21.0 Å². The van der Waals surface area contributed by atoms with Gasteiger partial charge in [-0.1, -0.05) is 57.2 Å². The minimum absolute atomic E-state index is 0.0549. The van der Waals surface area contributed by atoms with E-state index in [1.165, 1.54) is 7.11 Å². The molecule has 0 saturated carbocycles. The molecule has 5 rings (SSSR count). The number of rotatable bonds is 14. The van der Waals surface area contributed by atoms with Crippen LogP contribution in [0.2, 0.25) is 0 Å². The van der Waals surface area contributed by atoms with Gasteiger partial charge in [0.2, 0.25) is 0 Å². The van der Waals surface area contributed by atoms with Crippen LogP contribution in [0.4, 0.5) is 9.59 Å². The SMILES string of the molecule is COC(=O)NC(C(=O)NN(Cc1ccc(-c2ccncc2)cc1)CC(O)C(Cc1ccc(OC)cc1)NC(=O)OC1COC2OCCC12)C(C)(C)C. The van der Waals surface area contributed by atoms with Crippen molar-refractivity contribution in [3.05, 3.63) is 84.2 Å². The van der Waals surface area contributed by atoms with Gasteiger partial charge in [-0.25, -0.2) is 14.6 Å². The number of pyridine rings is 1. The second-order valence-electron chi connectivity index (χ2n) is 14.1. The fourth-order valence-electron chi connectivity index (χ4n) is 6.31. The Balaban J connectivity index is 1.37. The highest BCUT2D eigenvalue weighted by Crippen LogP contribution is 2.33. The molecular formula is C38H49N5O9. The van der Waals surface area contributed by atoms with Crippen molar-refractivity contribution in [3.8, 4) is 16.9 Å². The summed E-state index contributed by atoms with van der Waals surface area (Å²) in [4.78, 5) is 43.4. The van der Waals surface area contributed by atoms with Crippen molar-refractivity contribution in [2.24, 2.45) is 11.3 Å². The molecule has 3 heterocycles. The minimum Gasteiger partial charge on any atom is -0.497 e. The van der Waals surface area contributed by atoms with Crippen LogP contribution in [-0.2, 0) is 36.7 Å². The third-order valence-electron chi connectivity index (χ3n) is 9.22. The van der Waals surface area contributed by atoms with Gasteiger partial charge in [-0.05, 0) is 64.8 Å². The molecule has 0 aliphatic carbocycles. The van der Waals surface area contributed by atoms with E-state index < -0.39 is 47.8 Å². The number of nitrogens with one attached hydrogen (secondary N) is 3. The van der Waals surface area contributed by atoms with Gasteiger partial charge in [0, 0.05) is 25.5 Å². The molecule has 2 fully saturated rings. The van der Waals surface area contributed by atoms with Crippen LogP contribution in [0, 0.1) is 11.3 Å². The first kappa shape index (κ1) is 38.5. The second kappa shape index (κ2) is 17.6. The molecule has 3 aromatic rings. The summed E-state index contributed by atoms with van der Waals surface area (Å²) < 4.78 is 27.1. The van der Waals surface area contributed by atoms with Gasteiger partial charge in [-0.2, -0.15) is 0 Å². The number of hydrogen-bond donors (Lipinski definition) is 4. The maximum absolute atomic E-state index is 13.8. The van der Waals surface area contributed by atoms with Gasteiger partial charge in [0.15, 0.2) is 6.29 Å². The number of hydrazine groups is 1. The molecule has 1 aromatic heterocycles. The molecule has 0 bridgehead atoms. The Hall–Kier alpha value is -4.76. The van der Waals surface area contributed by atoms with E-state index in [1.807, 2.05) is 69.3 Å². The number of carbonyl (C=O) groups excluding carboxylic acids is 3. The van der Waals surface area contributed by atoms with Crippen molar-refractivity contribution in [1.29, 1.82) is 0 Å². The topological polar surface area (TPSA) is 170 Å². The van der Waals surface area contributed by atoms with E-state index in [9.17, 15) is 19.5 Å². The molecule has 0 spiro atoms. The standard InChI is InChI=1S/C38H49N5O9/c1-38(2,3)33(41-36(46)49-5)34(45)42-43(21-25-6-10-26(11-7-25)27-14-17-39-18-15-27)22-31(44)30(20-24-8-12-28(48-4)13-9-24)40-37(47)52-32-23-51-35-29(32)16-19-50-35/h6-15,17-18,29-33,35,44H,16,19-23H2,1-5H3,(H,40,47)(H,41,46)(H,42,45). The van der Waals surface area contributed by atoms with E-state index in [0.29, 0.717) is 12.4 Å². The van der Waals surface area contributed by atoms with E-state index in [-0.39, 0.29) is 38.3 Å². The molecule has 2 saturated heterocycles. The maximum atomic E-state index is 13.8. The third kappa shape index (κ3) is 10.4.